The van der Waals surface area contributed by atoms with Crippen LogP contribution in [0.2, 0.25) is 5.02 Å². The van der Waals surface area contributed by atoms with Gasteiger partial charge in [0.05, 0.1) is 5.02 Å². The molecule has 0 spiro atoms. The summed E-state index contributed by atoms with van der Waals surface area (Å²) in [5.74, 6) is 0.114. The maximum atomic E-state index is 11.8. The van der Waals surface area contributed by atoms with Gasteiger partial charge in [-0.15, -0.1) is 0 Å². The lowest BCUT2D eigenvalue weighted by Gasteiger charge is -2.09. The zero-order valence-electron chi connectivity index (χ0n) is 12.6. The number of rotatable bonds is 6. The molecule has 2 aromatic carbocycles. The van der Waals surface area contributed by atoms with Crippen molar-refractivity contribution in [3.63, 3.8) is 0 Å². The van der Waals surface area contributed by atoms with E-state index in [0.29, 0.717) is 17.3 Å². The van der Waals surface area contributed by atoms with Gasteiger partial charge < -0.3 is 15.4 Å². The molecule has 0 atom stereocenters. The molecule has 23 heavy (non-hydrogen) atoms. The molecule has 2 N–H and O–H groups in total. The minimum absolute atomic E-state index is 0.103. The van der Waals surface area contributed by atoms with Gasteiger partial charge in [0.2, 0.25) is 5.91 Å². The Morgan fingerprint density at radius 2 is 1.78 bits per heavy atom. The third-order valence-electron chi connectivity index (χ3n) is 2.96. The molecule has 0 aliphatic rings. The molecule has 0 radical (unpaired) electrons. The zero-order chi connectivity index (χ0) is 16.7. The van der Waals surface area contributed by atoms with Crippen LogP contribution in [0.3, 0.4) is 0 Å². The van der Waals surface area contributed by atoms with Gasteiger partial charge in [0.15, 0.2) is 6.61 Å². The number of amides is 2. The number of nitrogens with one attached hydrogen (secondary N) is 2. The number of ether oxygens (including phenoxy) is 1. The number of hydrogen-bond donors (Lipinski definition) is 2. The van der Waals surface area contributed by atoms with Crippen LogP contribution in [0, 0.1) is 0 Å². The number of benzene rings is 2. The Bertz CT molecular complexity index is 686. The number of para-hydroxylation sites is 1. The third kappa shape index (κ3) is 5.64. The molecule has 2 amide bonds. The van der Waals surface area contributed by atoms with Gasteiger partial charge in [-0.2, -0.15) is 0 Å². The van der Waals surface area contributed by atoms with Gasteiger partial charge in [0, 0.05) is 19.2 Å². The molecule has 0 fully saturated rings. The minimum Gasteiger partial charge on any atom is -0.482 e. The fraction of sp³-hybridized carbons (Fsp3) is 0.176. The van der Waals surface area contributed by atoms with Gasteiger partial charge in [0.25, 0.3) is 5.91 Å². The highest BCUT2D eigenvalue weighted by Gasteiger charge is 2.05. The van der Waals surface area contributed by atoms with Crippen LogP contribution in [0.15, 0.2) is 48.5 Å². The van der Waals surface area contributed by atoms with E-state index in [9.17, 15) is 9.59 Å². The van der Waals surface area contributed by atoms with Crippen molar-refractivity contribution in [1.29, 1.82) is 0 Å². The fourth-order valence-corrected chi connectivity index (χ4v) is 2.06. The summed E-state index contributed by atoms with van der Waals surface area (Å²) < 4.78 is 5.36. The summed E-state index contributed by atoms with van der Waals surface area (Å²) in [6.45, 7) is 1.73. The van der Waals surface area contributed by atoms with Crippen LogP contribution >= 0.6 is 11.6 Å². The van der Waals surface area contributed by atoms with Crippen molar-refractivity contribution in [1.82, 2.24) is 5.32 Å². The van der Waals surface area contributed by atoms with E-state index in [1.807, 2.05) is 12.1 Å². The summed E-state index contributed by atoms with van der Waals surface area (Å²) in [6.07, 6.45) is 0. The van der Waals surface area contributed by atoms with Gasteiger partial charge in [-0.25, -0.2) is 0 Å². The monoisotopic (exact) mass is 332 g/mol. The van der Waals surface area contributed by atoms with E-state index in [-0.39, 0.29) is 18.4 Å². The van der Waals surface area contributed by atoms with Gasteiger partial charge in [0.1, 0.15) is 5.75 Å². The molecule has 0 saturated heterocycles. The third-order valence-corrected chi connectivity index (χ3v) is 3.27. The van der Waals surface area contributed by atoms with Gasteiger partial charge in [-0.05, 0) is 29.8 Å². The molecule has 2 rings (SSSR count). The highest BCUT2D eigenvalue weighted by atomic mass is 35.5. The summed E-state index contributed by atoms with van der Waals surface area (Å²) >= 11 is 5.94. The molecular formula is C17H17ClN2O3. The second-order valence-electron chi connectivity index (χ2n) is 4.87. The molecular weight excluding hydrogens is 316 g/mol. The SMILES string of the molecule is CC(=O)Nc1ccc(CNC(=O)COc2ccccc2Cl)cc1. The number of carbonyl (C=O) groups excluding carboxylic acids is 2. The van der Waals surface area contributed by atoms with E-state index in [2.05, 4.69) is 10.6 Å². The maximum Gasteiger partial charge on any atom is 0.258 e. The minimum atomic E-state index is -0.240. The summed E-state index contributed by atoms with van der Waals surface area (Å²) in [6, 6.07) is 14.2. The molecule has 0 aliphatic heterocycles. The Balaban J connectivity index is 1.78. The van der Waals surface area contributed by atoms with Crippen LogP contribution in [0.1, 0.15) is 12.5 Å². The van der Waals surface area contributed by atoms with Crippen molar-refractivity contribution in [2.75, 3.05) is 11.9 Å². The van der Waals surface area contributed by atoms with Crippen LogP contribution in [0.5, 0.6) is 5.75 Å². The smallest absolute Gasteiger partial charge is 0.258 e. The first kappa shape index (κ1) is 16.8. The van der Waals surface area contributed by atoms with Crippen molar-refractivity contribution in [2.24, 2.45) is 0 Å². The molecule has 0 aromatic heterocycles. The summed E-state index contributed by atoms with van der Waals surface area (Å²) in [5.41, 5.74) is 1.64. The van der Waals surface area contributed by atoms with E-state index in [4.69, 9.17) is 16.3 Å². The number of hydrogen-bond acceptors (Lipinski definition) is 3. The first-order valence-electron chi connectivity index (χ1n) is 7.05. The Labute approximate surface area is 139 Å². The van der Waals surface area contributed by atoms with Crippen molar-refractivity contribution in [3.05, 3.63) is 59.1 Å². The quantitative estimate of drug-likeness (QED) is 0.854. The Morgan fingerprint density at radius 3 is 2.43 bits per heavy atom. The predicted octanol–water partition coefficient (Wildman–Crippen LogP) is 2.99. The molecule has 0 saturated carbocycles. The molecule has 2 aromatic rings. The standard InChI is InChI=1S/C17H17ClN2O3/c1-12(21)20-14-8-6-13(7-9-14)10-19-17(22)11-23-16-5-3-2-4-15(16)18/h2-9H,10-11H2,1H3,(H,19,22)(H,20,21). The highest BCUT2D eigenvalue weighted by molar-refractivity contribution is 6.32. The van der Waals surface area contributed by atoms with Crippen LogP contribution in [0.4, 0.5) is 5.69 Å². The largest absolute Gasteiger partial charge is 0.482 e. The molecule has 120 valence electrons. The van der Waals surface area contributed by atoms with Gasteiger partial charge in [-0.1, -0.05) is 35.9 Å². The van der Waals surface area contributed by atoms with Crippen molar-refractivity contribution < 1.29 is 14.3 Å². The van der Waals surface area contributed by atoms with E-state index in [1.54, 1.807) is 36.4 Å². The first-order chi connectivity index (χ1) is 11.0. The summed E-state index contributed by atoms with van der Waals surface area (Å²) in [4.78, 5) is 22.7. The van der Waals surface area contributed by atoms with Crippen molar-refractivity contribution in [3.8, 4) is 5.75 Å². The first-order valence-corrected chi connectivity index (χ1v) is 7.43. The number of anilines is 1. The molecule has 0 bridgehead atoms. The molecule has 0 aliphatic carbocycles. The topological polar surface area (TPSA) is 67.4 Å². The molecule has 0 heterocycles. The van der Waals surface area contributed by atoms with Gasteiger partial charge in [-0.3, -0.25) is 9.59 Å². The average molecular weight is 333 g/mol. The molecule has 6 heteroatoms. The van der Waals surface area contributed by atoms with Crippen LogP contribution < -0.4 is 15.4 Å². The molecule has 0 unspecified atom stereocenters. The summed E-state index contributed by atoms with van der Waals surface area (Å²) in [5, 5.41) is 5.90. The van der Waals surface area contributed by atoms with Gasteiger partial charge >= 0.3 is 0 Å². The van der Waals surface area contributed by atoms with E-state index in [1.165, 1.54) is 6.92 Å². The van der Waals surface area contributed by atoms with Crippen LogP contribution in [-0.2, 0) is 16.1 Å². The van der Waals surface area contributed by atoms with E-state index < -0.39 is 0 Å². The second-order valence-corrected chi connectivity index (χ2v) is 5.28. The lowest BCUT2D eigenvalue weighted by atomic mass is 10.2. The lowest BCUT2D eigenvalue weighted by Crippen LogP contribution is -2.28. The fourth-order valence-electron chi connectivity index (χ4n) is 1.87. The van der Waals surface area contributed by atoms with Crippen molar-refractivity contribution in [2.45, 2.75) is 13.5 Å². The zero-order valence-corrected chi connectivity index (χ0v) is 13.4. The highest BCUT2D eigenvalue weighted by Crippen LogP contribution is 2.22. The summed E-state index contributed by atoms with van der Waals surface area (Å²) in [7, 11) is 0. The van der Waals surface area contributed by atoms with Crippen molar-refractivity contribution >= 4 is 29.1 Å². The lowest BCUT2D eigenvalue weighted by molar-refractivity contribution is -0.123. The predicted molar refractivity (Wildman–Crippen MR) is 89.5 cm³/mol. The van der Waals surface area contributed by atoms with Crippen LogP contribution in [-0.4, -0.2) is 18.4 Å². The number of halogens is 1. The Morgan fingerprint density at radius 1 is 1.09 bits per heavy atom. The number of carbonyl (C=O) groups is 2. The second kappa shape index (κ2) is 8.19. The normalized spacial score (nSPS) is 10.0. The van der Waals surface area contributed by atoms with E-state index >= 15 is 0 Å². The Kier molecular flexibility index (Phi) is 6.00. The van der Waals surface area contributed by atoms with E-state index in [0.717, 1.165) is 11.3 Å². The average Bonchev–Trinajstić information content (AvgIpc) is 2.53. The molecule has 5 nitrogen and oxygen atoms in total. The Hall–Kier alpha value is -2.53. The van der Waals surface area contributed by atoms with Crippen LogP contribution in [0.25, 0.3) is 0 Å². The maximum absolute atomic E-state index is 11.8.